The summed E-state index contributed by atoms with van der Waals surface area (Å²) in [4.78, 5) is 24.5. The van der Waals surface area contributed by atoms with E-state index < -0.39 is 0 Å². The Balaban J connectivity index is 0.00000361. The van der Waals surface area contributed by atoms with E-state index in [1.54, 1.807) is 24.1 Å². The minimum Gasteiger partial charge on any atom is -0.346 e. The van der Waals surface area contributed by atoms with Crippen LogP contribution in [0, 0.1) is 0 Å². The zero-order chi connectivity index (χ0) is 14.4. The molecule has 0 bridgehead atoms. The first-order valence-corrected chi connectivity index (χ1v) is 6.31. The summed E-state index contributed by atoms with van der Waals surface area (Å²) in [6, 6.07) is 7.20. The molecule has 1 atom stereocenters. The quantitative estimate of drug-likeness (QED) is 0.860. The van der Waals surface area contributed by atoms with Crippen molar-refractivity contribution in [3.63, 3.8) is 0 Å². The number of rotatable bonds is 5. The van der Waals surface area contributed by atoms with Crippen LogP contribution in [0.1, 0.15) is 18.5 Å². The topological polar surface area (TPSA) is 75.4 Å². The molecule has 0 aliphatic carbocycles. The van der Waals surface area contributed by atoms with E-state index in [4.69, 9.17) is 17.3 Å². The number of likely N-dealkylation sites (N-methyl/N-ethyl adjacent to an activating group) is 1. The summed E-state index contributed by atoms with van der Waals surface area (Å²) >= 11 is 5.82. The SMILES string of the molecule is CC(c1ccc(Cl)cc1)N(C)C(=O)CNC(=O)CN.Cl. The highest BCUT2D eigenvalue weighted by Crippen LogP contribution is 2.20. The number of amides is 2. The van der Waals surface area contributed by atoms with Gasteiger partial charge in [-0.2, -0.15) is 0 Å². The molecule has 5 nitrogen and oxygen atoms in total. The fourth-order valence-electron chi connectivity index (χ4n) is 1.55. The van der Waals surface area contributed by atoms with Gasteiger partial charge in [0.05, 0.1) is 19.1 Å². The van der Waals surface area contributed by atoms with E-state index in [1.807, 2.05) is 19.1 Å². The summed E-state index contributed by atoms with van der Waals surface area (Å²) < 4.78 is 0. The maximum atomic E-state index is 11.9. The van der Waals surface area contributed by atoms with E-state index in [0.29, 0.717) is 5.02 Å². The Kier molecular flexibility index (Phi) is 8.22. The molecule has 0 radical (unpaired) electrons. The van der Waals surface area contributed by atoms with Gasteiger partial charge in [-0.3, -0.25) is 9.59 Å². The van der Waals surface area contributed by atoms with Crippen LogP contribution in [0.15, 0.2) is 24.3 Å². The van der Waals surface area contributed by atoms with Crippen LogP contribution in [-0.4, -0.2) is 36.9 Å². The van der Waals surface area contributed by atoms with Crippen molar-refractivity contribution in [3.05, 3.63) is 34.9 Å². The highest BCUT2D eigenvalue weighted by Gasteiger charge is 2.17. The fourth-order valence-corrected chi connectivity index (χ4v) is 1.68. The minimum absolute atomic E-state index is 0. The molecule has 1 aromatic carbocycles. The smallest absolute Gasteiger partial charge is 0.242 e. The second kappa shape index (κ2) is 8.79. The molecule has 0 saturated heterocycles. The number of hydrogen-bond acceptors (Lipinski definition) is 3. The van der Waals surface area contributed by atoms with Crippen LogP contribution in [0.2, 0.25) is 5.02 Å². The van der Waals surface area contributed by atoms with Gasteiger partial charge >= 0.3 is 0 Å². The molecule has 1 rings (SSSR count). The van der Waals surface area contributed by atoms with Crippen LogP contribution in [-0.2, 0) is 9.59 Å². The van der Waals surface area contributed by atoms with Crippen LogP contribution in [0.4, 0.5) is 0 Å². The third kappa shape index (κ3) is 5.36. The lowest BCUT2D eigenvalue weighted by molar-refractivity contribution is -0.133. The average molecular weight is 320 g/mol. The van der Waals surface area contributed by atoms with E-state index in [9.17, 15) is 9.59 Å². The molecular formula is C13H19Cl2N3O2. The van der Waals surface area contributed by atoms with Crippen molar-refractivity contribution in [2.75, 3.05) is 20.1 Å². The molecule has 0 saturated carbocycles. The van der Waals surface area contributed by atoms with Crippen LogP contribution >= 0.6 is 24.0 Å². The number of hydrogen-bond donors (Lipinski definition) is 2. The number of nitrogens with one attached hydrogen (secondary N) is 1. The van der Waals surface area contributed by atoms with Gasteiger partial charge in [-0.25, -0.2) is 0 Å². The number of benzene rings is 1. The molecule has 0 heterocycles. The van der Waals surface area contributed by atoms with Gasteiger partial charge in [0.2, 0.25) is 11.8 Å². The van der Waals surface area contributed by atoms with E-state index in [-0.39, 0.29) is 43.4 Å². The molecule has 0 spiro atoms. The van der Waals surface area contributed by atoms with Gasteiger partial charge < -0.3 is 16.0 Å². The summed E-state index contributed by atoms with van der Waals surface area (Å²) in [7, 11) is 1.69. The number of carbonyl (C=O) groups excluding carboxylic acids is 2. The largest absolute Gasteiger partial charge is 0.346 e. The molecule has 0 aromatic heterocycles. The highest BCUT2D eigenvalue weighted by molar-refractivity contribution is 6.30. The van der Waals surface area contributed by atoms with E-state index in [1.165, 1.54) is 0 Å². The average Bonchev–Trinajstić information content (AvgIpc) is 2.43. The van der Waals surface area contributed by atoms with Gasteiger partial charge in [-0.15, -0.1) is 12.4 Å². The fraction of sp³-hybridized carbons (Fsp3) is 0.385. The predicted octanol–water partition coefficient (Wildman–Crippen LogP) is 1.36. The van der Waals surface area contributed by atoms with Crippen LogP contribution in [0.5, 0.6) is 0 Å². The van der Waals surface area contributed by atoms with Crippen molar-refractivity contribution in [2.45, 2.75) is 13.0 Å². The Hall–Kier alpha value is -1.30. The Morgan fingerprint density at radius 3 is 2.40 bits per heavy atom. The summed E-state index contributed by atoms with van der Waals surface area (Å²) in [5, 5.41) is 3.11. The second-order valence-corrected chi connectivity index (χ2v) is 4.65. The monoisotopic (exact) mass is 319 g/mol. The zero-order valence-corrected chi connectivity index (χ0v) is 13.0. The Labute approximate surface area is 129 Å². The lowest BCUT2D eigenvalue weighted by Crippen LogP contribution is -2.41. The second-order valence-electron chi connectivity index (χ2n) is 4.21. The number of carbonyl (C=O) groups is 2. The number of halogens is 2. The Morgan fingerprint density at radius 2 is 1.90 bits per heavy atom. The molecule has 1 aromatic rings. The molecule has 1 unspecified atom stereocenters. The molecule has 0 aliphatic rings. The lowest BCUT2D eigenvalue weighted by atomic mass is 10.1. The van der Waals surface area contributed by atoms with Crippen LogP contribution in [0.25, 0.3) is 0 Å². The van der Waals surface area contributed by atoms with Crippen molar-refractivity contribution in [1.29, 1.82) is 0 Å². The van der Waals surface area contributed by atoms with Crippen molar-refractivity contribution >= 4 is 35.8 Å². The standard InChI is InChI=1S/C13H18ClN3O2.ClH/c1-9(10-3-5-11(14)6-4-10)17(2)13(19)8-16-12(18)7-15;/h3-6,9H,7-8,15H2,1-2H3,(H,16,18);1H. The van der Waals surface area contributed by atoms with Crippen molar-refractivity contribution in [1.82, 2.24) is 10.2 Å². The minimum atomic E-state index is -0.346. The van der Waals surface area contributed by atoms with Crippen molar-refractivity contribution in [2.24, 2.45) is 5.73 Å². The predicted molar refractivity (Wildman–Crippen MR) is 81.9 cm³/mol. The Morgan fingerprint density at radius 1 is 1.35 bits per heavy atom. The van der Waals surface area contributed by atoms with Gasteiger partial charge in [0.25, 0.3) is 0 Å². The van der Waals surface area contributed by atoms with Crippen LogP contribution < -0.4 is 11.1 Å². The molecular weight excluding hydrogens is 301 g/mol. The van der Waals surface area contributed by atoms with Crippen molar-refractivity contribution in [3.8, 4) is 0 Å². The van der Waals surface area contributed by atoms with Gasteiger partial charge in [0.1, 0.15) is 0 Å². The number of nitrogens with zero attached hydrogens (tertiary/aromatic N) is 1. The number of nitrogens with two attached hydrogens (primary N) is 1. The molecule has 0 aliphatic heterocycles. The van der Waals surface area contributed by atoms with E-state index >= 15 is 0 Å². The molecule has 112 valence electrons. The van der Waals surface area contributed by atoms with Gasteiger partial charge in [0, 0.05) is 12.1 Å². The van der Waals surface area contributed by atoms with E-state index in [0.717, 1.165) is 5.56 Å². The third-order valence-corrected chi connectivity index (χ3v) is 3.20. The highest BCUT2D eigenvalue weighted by atomic mass is 35.5. The summed E-state index contributed by atoms with van der Waals surface area (Å²) in [6.07, 6.45) is 0. The molecule has 3 N–H and O–H groups in total. The summed E-state index contributed by atoms with van der Waals surface area (Å²) in [5.41, 5.74) is 6.13. The summed E-state index contributed by atoms with van der Waals surface area (Å²) in [6.45, 7) is 1.74. The Bertz CT molecular complexity index is 451. The first-order valence-electron chi connectivity index (χ1n) is 5.93. The third-order valence-electron chi connectivity index (χ3n) is 2.95. The molecule has 20 heavy (non-hydrogen) atoms. The molecule has 0 fully saturated rings. The first-order chi connectivity index (χ1) is 8.95. The maximum absolute atomic E-state index is 11.9. The lowest BCUT2D eigenvalue weighted by Gasteiger charge is -2.25. The molecule has 7 heteroatoms. The van der Waals surface area contributed by atoms with Gasteiger partial charge in [0.15, 0.2) is 0 Å². The zero-order valence-electron chi connectivity index (χ0n) is 11.4. The van der Waals surface area contributed by atoms with E-state index in [2.05, 4.69) is 5.32 Å². The van der Waals surface area contributed by atoms with Gasteiger partial charge in [-0.05, 0) is 24.6 Å². The maximum Gasteiger partial charge on any atom is 0.242 e. The molecule has 2 amide bonds. The normalized spacial score (nSPS) is 11.2. The van der Waals surface area contributed by atoms with Crippen molar-refractivity contribution < 1.29 is 9.59 Å². The first kappa shape index (κ1) is 18.7. The summed E-state index contributed by atoms with van der Waals surface area (Å²) in [5.74, 6) is -0.523. The van der Waals surface area contributed by atoms with Gasteiger partial charge in [-0.1, -0.05) is 23.7 Å². The van der Waals surface area contributed by atoms with Crippen LogP contribution in [0.3, 0.4) is 0 Å².